The number of fused-ring (bicyclic) bond motifs is 1. The number of carbonyl (C=O) groups is 2. The van der Waals surface area contributed by atoms with Crippen LogP contribution in [-0.2, 0) is 11.0 Å². The summed E-state index contributed by atoms with van der Waals surface area (Å²) in [7, 11) is 0.998. The molecule has 0 aliphatic carbocycles. The van der Waals surface area contributed by atoms with Gasteiger partial charge in [-0.25, -0.2) is 18.3 Å². The molecule has 1 saturated heterocycles. The Labute approximate surface area is 231 Å². The lowest BCUT2D eigenvalue weighted by Crippen LogP contribution is -2.47. The van der Waals surface area contributed by atoms with Crippen molar-refractivity contribution in [1.82, 2.24) is 24.8 Å². The number of aliphatic hydroxyl groups is 1. The number of alkyl halides is 7. The lowest BCUT2D eigenvalue weighted by Gasteiger charge is -2.27. The van der Waals surface area contributed by atoms with Crippen molar-refractivity contribution < 1.29 is 54.6 Å². The minimum atomic E-state index is -5.14. The Hall–Kier alpha value is -4.22. The van der Waals surface area contributed by atoms with E-state index in [1.807, 2.05) is 0 Å². The fourth-order valence-corrected chi connectivity index (χ4v) is 4.46. The molecule has 1 aromatic carbocycles. The fraction of sp³-hybridized carbons (Fsp3) is 0.417. The van der Waals surface area contributed by atoms with Crippen LogP contribution in [0.25, 0.3) is 16.8 Å². The van der Waals surface area contributed by atoms with Gasteiger partial charge in [0.05, 0.1) is 42.9 Å². The number of aromatic nitrogens is 3. The molecule has 1 aliphatic rings. The molecular weight excluding hydrogens is 588 g/mol. The molecule has 3 atom stereocenters. The van der Waals surface area contributed by atoms with Crippen LogP contribution >= 0.6 is 0 Å². The molecule has 4 N–H and O–H groups in total. The number of nitrogens with one attached hydrogen (secondary N) is 1. The first-order chi connectivity index (χ1) is 19.4. The van der Waals surface area contributed by atoms with E-state index in [9.17, 15) is 45.4 Å². The zero-order valence-electron chi connectivity index (χ0n) is 21.6. The van der Waals surface area contributed by atoms with E-state index in [-0.39, 0.29) is 11.3 Å². The highest BCUT2D eigenvalue weighted by atomic mass is 19.4. The predicted octanol–water partition coefficient (Wildman–Crippen LogP) is 3.13. The van der Waals surface area contributed by atoms with Gasteiger partial charge in [0.1, 0.15) is 18.0 Å². The van der Waals surface area contributed by atoms with Crippen molar-refractivity contribution in [2.45, 2.75) is 43.5 Å². The Bertz CT molecular complexity index is 1540. The quantitative estimate of drug-likeness (QED) is 0.365. The summed E-state index contributed by atoms with van der Waals surface area (Å²) in [6, 6.07) is 0.892. The number of carbonyl (C=O) groups excluding carboxylic acids is 2. The number of hydrogen-bond acceptors (Lipinski definition) is 7. The molecule has 228 valence electrons. The molecule has 3 aromatic rings. The minimum absolute atomic E-state index is 0.281. The molecular formula is C24H22F8N6O4. The lowest BCUT2D eigenvalue weighted by molar-refractivity contribution is -0.254. The van der Waals surface area contributed by atoms with Crippen LogP contribution in [0.5, 0.6) is 5.75 Å². The zero-order chi connectivity index (χ0) is 31.4. The van der Waals surface area contributed by atoms with Crippen LogP contribution in [-0.4, -0.2) is 80.6 Å². The second-order valence-corrected chi connectivity index (χ2v) is 9.73. The van der Waals surface area contributed by atoms with E-state index < -0.39 is 95.5 Å². The van der Waals surface area contributed by atoms with Gasteiger partial charge in [-0.15, -0.1) is 0 Å². The number of ether oxygens (including phenoxy) is 1. The van der Waals surface area contributed by atoms with Crippen LogP contribution in [0.1, 0.15) is 29.3 Å². The Morgan fingerprint density at radius 1 is 1.17 bits per heavy atom. The van der Waals surface area contributed by atoms with Crippen LogP contribution in [0.3, 0.4) is 0 Å². The Kier molecular flexibility index (Phi) is 7.73. The summed E-state index contributed by atoms with van der Waals surface area (Å²) in [4.78, 5) is 29.7. The van der Waals surface area contributed by atoms with E-state index in [0.717, 1.165) is 30.1 Å². The van der Waals surface area contributed by atoms with Crippen molar-refractivity contribution >= 4 is 23.1 Å². The smallest absolute Gasteiger partial charge is 0.418 e. The third-order valence-corrected chi connectivity index (χ3v) is 6.70. The maximum Gasteiger partial charge on any atom is 0.418 e. The fourth-order valence-electron chi connectivity index (χ4n) is 4.46. The molecule has 0 bridgehead atoms. The number of halogens is 8. The summed E-state index contributed by atoms with van der Waals surface area (Å²) in [6.45, 7) is -0.910. The number of nitrogens with two attached hydrogens (primary N) is 1. The number of rotatable bonds is 6. The van der Waals surface area contributed by atoms with Crippen molar-refractivity contribution in [1.29, 1.82) is 0 Å². The SMILES string of the molecule is COc1c(F)cc(-c2cc(C(F)(F)F)c3c(N)ncnn23)cc1C(=O)N[C@@H]1CN(C(=O)CC(C)(O)C(F)(F)F)C[C@@H]1F. The number of benzene rings is 1. The standard InChI is InChI=1S/C24H22F8N6O4/c1-22(41,24(30,31)32)6-17(39)37-7-14(26)15(8-37)36-21(40)11-3-10(4-13(25)19(11)42-2)16-5-12(23(27,28)29)18-20(33)34-9-35-38(16)18/h3-5,9,14-15,41H,6-8H2,1-2H3,(H,36,40)(H2,33,34,35)/t14-,15+,22?/m0/s1. The van der Waals surface area contributed by atoms with Crippen LogP contribution in [0, 0.1) is 5.82 Å². The van der Waals surface area contributed by atoms with E-state index in [0.29, 0.717) is 17.9 Å². The first-order valence-electron chi connectivity index (χ1n) is 11.9. The van der Waals surface area contributed by atoms with Gasteiger partial charge in [-0.1, -0.05) is 0 Å². The number of likely N-dealkylation sites (tertiary alicyclic amines) is 1. The minimum Gasteiger partial charge on any atom is -0.493 e. The van der Waals surface area contributed by atoms with Gasteiger partial charge >= 0.3 is 12.4 Å². The van der Waals surface area contributed by atoms with Crippen molar-refractivity contribution in [2.24, 2.45) is 0 Å². The summed E-state index contributed by atoms with van der Waals surface area (Å²) in [5, 5.41) is 15.5. The molecule has 0 radical (unpaired) electrons. The summed E-state index contributed by atoms with van der Waals surface area (Å²) in [6.07, 6.45) is -12.5. The van der Waals surface area contributed by atoms with Crippen molar-refractivity contribution in [3.05, 3.63) is 41.5 Å². The topological polar surface area (TPSA) is 135 Å². The Morgan fingerprint density at radius 2 is 1.83 bits per heavy atom. The number of nitrogen functional groups attached to an aromatic ring is 1. The van der Waals surface area contributed by atoms with E-state index in [1.165, 1.54) is 0 Å². The lowest BCUT2D eigenvalue weighted by atomic mass is 10.0. The second-order valence-electron chi connectivity index (χ2n) is 9.73. The summed E-state index contributed by atoms with van der Waals surface area (Å²) >= 11 is 0. The van der Waals surface area contributed by atoms with Gasteiger partial charge in [0, 0.05) is 12.1 Å². The highest BCUT2D eigenvalue weighted by Crippen LogP contribution is 2.40. The van der Waals surface area contributed by atoms with E-state index in [1.54, 1.807) is 0 Å². The third-order valence-electron chi connectivity index (χ3n) is 6.70. The molecule has 2 aromatic heterocycles. The monoisotopic (exact) mass is 610 g/mol. The highest BCUT2D eigenvalue weighted by molar-refractivity contribution is 5.99. The Balaban J connectivity index is 1.65. The van der Waals surface area contributed by atoms with E-state index in [4.69, 9.17) is 10.5 Å². The van der Waals surface area contributed by atoms with Gasteiger partial charge in [-0.2, -0.15) is 31.4 Å². The van der Waals surface area contributed by atoms with Crippen LogP contribution < -0.4 is 15.8 Å². The maximum atomic E-state index is 15.1. The molecule has 18 heteroatoms. The number of amides is 2. The maximum absolute atomic E-state index is 15.1. The van der Waals surface area contributed by atoms with Crippen molar-refractivity contribution in [3.8, 4) is 17.0 Å². The third kappa shape index (κ3) is 5.62. The number of methoxy groups -OCH3 is 1. The van der Waals surface area contributed by atoms with Gasteiger partial charge in [0.2, 0.25) is 5.91 Å². The molecule has 0 saturated carbocycles. The molecule has 3 heterocycles. The van der Waals surface area contributed by atoms with Crippen LogP contribution in [0.2, 0.25) is 0 Å². The molecule has 10 nitrogen and oxygen atoms in total. The first-order valence-corrected chi connectivity index (χ1v) is 11.9. The molecule has 42 heavy (non-hydrogen) atoms. The molecule has 1 aliphatic heterocycles. The zero-order valence-corrected chi connectivity index (χ0v) is 21.6. The average molecular weight is 610 g/mol. The summed E-state index contributed by atoms with van der Waals surface area (Å²) in [5.41, 5.74) is -0.803. The van der Waals surface area contributed by atoms with Gasteiger partial charge < -0.3 is 25.8 Å². The number of nitrogens with zero attached hydrogens (tertiary/aromatic N) is 4. The summed E-state index contributed by atoms with van der Waals surface area (Å²) < 4.78 is 115. The van der Waals surface area contributed by atoms with E-state index >= 15 is 4.39 Å². The summed E-state index contributed by atoms with van der Waals surface area (Å²) in [5.74, 6) is -4.75. The molecule has 2 amide bonds. The van der Waals surface area contributed by atoms with Crippen LogP contribution in [0.15, 0.2) is 24.5 Å². The Morgan fingerprint density at radius 3 is 2.43 bits per heavy atom. The van der Waals surface area contributed by atoms with Gasteiger partial charge in [-0.05, 0) is 25.1 Å². The molecule has 1 fully saturated rings. The molecule has 4 rings (SSSR count). The van der Waals surface area contributed by atoms with Gasteiger partial charge in [-0.3, -0.25) is 9.59 Å². The molecule has 1 unspecified atom stereocenters. The van der Waals surface area contributed by atoms with Gasteiger partial charge in [0.25, 0.3) is 5.91 Å². The van der Waals surface area contributed by atoms with Crippen molar-refractivity contribution in [3.63, 3.8) is 0 Å². The van der Waals surface area contributed by atoms with Crippen molar-refractivity contribution in [2.75, 3.05) is 25.9 Å². The molecule has 0 spiro atoms. The predicted molar refractivity (Wildman–Crippen MR) is 128 cm³/mol. The van der Waals surface area contributed by atoms with Gasteiger partial charge in [0.15, 0.2) is 23.0 Å². The average Bonchev–Trinajstić information content (AvgIpc) is 3.44. The number of hydrogen-bond donors (Lipinski definition) is 3. The largest absolute Gasteiger partial charge is 0.493 e. The number of anilines is 1. The second kappa shape index (κ2) is 10.6. The highest BCUT2D eigenvalue weighted by Gasteiger charge is 2.52. The normalized spacial score (nSPS) is 19.2. The van der Waals surface area contributed by atoms with Crippen LogP contribution in [0.4, 0.5) is 40.9 Å². The van der Waals surface area contributed by atoms with E-state index in [2.05, 4.69) is 15.4 Å². The first kappa shape index (κ1) is 30.7.